The third kappa shape index (κ3) is 2.69. The Labute approximate surface area is 130 Å². The number of hydrogen-bond acceptors (Lipinski definition) is 6. The Kier molecular flexibility index (Phi) is 3.84. The van der Waals surface area contributed by atoms with Gasteiger partial charge in [-0.1, -0.05) is 4.41 Å². The average molecular weight is 324 g/mol. The molecule has 2 heterocycles. The van der Waals surface area contributed by atoms with Crippen LogP contribution in [0.4, 0.5) is 5.69 Å². The Morgan fingerprint density at radius 2 is 1.91 bits per heavy atom. The molecule has 0 saturated carbocycles. The number of hydrazine groups is 1. The van der Waals surface area contributed by atoms with Gasteiger partial charge in [-0.3, -0.25) is 0 Å². The summed E-state index contributed by atoms with van der Waals surface area (Å²) in [5, 5.41) is 5.81. The minimum Gasteiger partial charge on any atom is -0.399 e. The number of benzene rings is 1. The van der Waals surface area contributed by atoms with Crippen molar-refractivity contribution in [1.82, 2.24) is 9.53 Å². The lowest BCUT2D eigenvalue weighted by Gasteiger charge is -2.33. The van der Waals surface area contributed by atoms with Gasteiger partial charge in [0.2, 0.25) is 0 Å². The van der Waals surface area contributed by atoms with Crippen LogP contribution in [0.25, 0.3) is 0 Å². The van der Waals surface area contributed by atoms with Gasteiger partial charge in [0.25, 0.3) is 10.0 Å². The Hall–Kier alpha value is -1.64. The van der Waals surface area contributed by atoms with E-state index in [1.807, 2.05) is 6.21 Å². The molecule has 1 aromatic carbocycles. The fourth-order valence-corrected chi connectivity index (χ4v) is 3.84. The number of anilines is 1. The van der Waals surface area contributed by atoms with Crippen LogP contribution in [0.1, 0.15) is 12.8 Å². The normalized spacial score (nSPS) is 20.9. The number of nitrogens with two attached hydrogens (primary N) is 1. The lowest BCUT2D eigenvalue weighted by Crippen LogP contribution is -2.43. The van der Waals surface area contributed by atoms with E-state index in [0.29, 0.717) is 25.4 Å². The predicted octanol–water partition coefficient (Wildman–Crippen LogP) is 0.902. The van der Waals surface area contributed by atoms with Crippen LogP contribution in [0, 0.1) is 5.41 Å². The molecule has 0 unspecified atom stereocenters. The molecule has 2 N–H and O–H groups in total. The van der Waals surface area contributed by atoms with Crippen LogP contribution in [0.15, 0.2) is 34.3 Å². The molecule has 2 aliphatic heterocycles. The summed E-state index contributed by atoms with van der Waals surface area (Å²) >= 11 is 0. The van der Waals surface area contributed by atoms with E-state index >= 15 is 0 Å². The van der Waals surface area contributed by atoms with E-state index in [1.165, 1.54) is 28.7 Å². The highest BCUT2D eigenvalue weighted by Gasteiger charge is 2.40. The van der Waals surface area contributed by atoms with Crippen LogP contribution in [0.2, 0.25) is 0 Å². The second-order valence-corrected chi connectivity index (χ2v) is 7.71. The van der Waals surface area contributed by atoms with Gasteiger partial charge in [-0.15, -0.1) is 0 Å². The lowest BCUT2D eigenvalue weighted by molar-refractivity contribution is 0.0132. The van der Waals surface area contributed by atoms with Crippen molar-refractivity contribution in [1.29, 1.82) is 0 Å². The first-order valence-corrected chi connectivity index (χ1v) is 8.62. The molecule has 3 rings (SSSR count). The molecule has 2 aliphatic rings. The summed E-state index contributed by atoms with van der Waals surface area (Å²) in [6.07, 6.45) is 3.59. The van der Waals surface area contributed by atoms with Crippen molar-refractivity contribution in [2.24, 2.45) is 10.5 Å². The second kappa shape index (κ2) is 5.53. The summed E-state index contributed by atoms with van der Waals surface area (Å²) < 4.78 is 31.9. The first kappa shape index (κ1) is 15.3. The summed E-state index contributed by atoms with van der Waals surface area (Å²) in [4.78, 5) is 0.201. The molecule has 22 heavy (non-hydrogen) atoms. The number of hydrogen-bond donors (Lipinski definition) is 1. The monoisotopic (exact) mass is 324 g/mol. The molecule has 0 aliphatic carbocycles. The zero-order chi connectivity index (χ0) is 15.8. The number of hydrazone groups is 1. The topological polar surface area (TPSA) is 88.2 Å². The maximum Gasteiger partial charge on any atom is 0.261 e. The number of nitrogen functional groups attached to an aromatic ring is 1. The van der Waals surface area contributed by atoms with Gasteiger partial charge < -0.3 is 10.5 Å². The molecule has 0 aromatic heterocycles. The first-order valence-electron chi connectivity index (χ1n) is 7.18. The van der Waals surface area contributed by atoms with Crippen molar-refractivity contribution in [2.45, 2.75) is 17.7 Å². The largest absolute Gasteiger partial charge is 0.399 e. The summed E-state index contributed by atoms with van der Waals surface area (Å²) in [5.74, 6) is 0. The van der Waals surface area contributed by atoms with Crippen LogP contribution in [0.5, 0.6) is 0 Å². The molecule has 7 nitrogen and oxygen atoms in total. The van der Waals surface area contributed by atoms with Crippen molar-refractivity contribution >= 4 is 21.9 Å². The highest BCUT2D eigenvalue weighted by molar-refractivity contribution is 7.89. The Bertz CT molecular complexity index is 666. The molecule has 1 fully saturated rings. The van der Waals surface area contributed by atoms with Crippen molar-refractivity contribution < 1.29 is 13.2 Å². The smallest absolute Gasteiger partial charge is 0.261 e. The van der Waals surface area contributed by atoms with Gasteiger partial charge in [-0.05, 0) is 37.1 Å². The summed E-state index contributed by atoms with van der Waals surface area (Å²) in [6, 6.07) is 6.16. The number of nitrogens with zero attached hydrogens (tertiary/aromatic N) is 3. The Morgan fingerprint density at radius 3 is 2.55 bits per heavy atom. The maximum atomic E-state index is 12.6. The summed E-state index contributed by atoms with van der Waals surface area (Å²) in [7, 11) is -2.12. The van der Waals surface area contributed by atoms with E-state index < -0.39 is 10.0 Å². The van der Waals surface area contributed by atoms with Crippen LogP contribution in [-0.2, 0) is 14.8 Å². The minimum absolute atomic E-state index is 0.0802. The lowest BCUT2D eigenvalue weighted by atomic mass is 9.82. The van der Waals surface area contributed by atoms with Gasteiger partial charge in [0.1, 0.15) is 0 Å². The maximum absolute atomic E-state index is 12.6. The van der Waals surface area contributed by atoms with E-state index in [4.69, 9.17) is 10.5 Å². The number of sulfonamides is 1. The van der Waals surface area contributed by atoms with Crippen LogP contribution < -0.4 is 5.73 Å². The molecule has 8 heteroatoms. The molecule has 0 radical (unpaired) electrons. The van der Waals surface area contributed by atoms with Gasteiger partial charge in [-0.25, -0.2) is 13.5 Å². The van der Waals surface area contributed by atoms with Crippen molar-refractivity contribution in [3.8, 4) is 0 Å². The van der Waals surface area contributed by atoms with E-state index in [2.05, 4.69) is 5.10 Å². The van der Waals surface area contributed by atoms with Crippen LogP contribution >= 0.6 is 0 Å². The molecular weight excluding hydrogens is 304 g/mol. The quantitative estimate of drug-likeness (QED) is 0.835. The zero-order valence-corrected chi connectivity index (χ0v) is 13.3. The van der Waals surface area contributed by atoms with Gasteiger partial charge in [0, 0.05) is 37.6 Å². The van der Waals surface area contributed by atoms with Crippen molar-refractivity contribution in [3.05, 3.63) is 24.3 Å². The Morgan fingerprint density at radius 1 is 1.27 bits per heavy atom. The predicted molar refractivity (Wildman–Crippen MR) is 83.5 cm³/mol. The highest BCUT2D eigenvalue weighted by Crippen LogP contribution is 2.34. The number of ether oxygens (including phenoxy) is 1. The molecule has 1 aromatic rings. The molecule has 1 spiro atoms. The van der Waals surface area contributed by atoms with Gasteiger partial charge in [0.15, 0.2) is 0 Å². The minimum atomic E-state index is -3.64. The highest BCUT2D eigenvalue weighted by atomic mass is 32.2. The van der Waals surface area contributed by atoms with Gasteiger partial charge in [-0.2, -0.15) is 5.10 Å². The molecule has 120 valence electrons. The molecule has 1 saturated heterocycles. The van der Waals surface area contributed by atoms with Crippen molar-refractivity contribution in [3.63, 3.8) is 0 Å². The molecule has 0 atom stereocenters. The molecule has 0 bridgehead atoms. The van der Waals surface area contributed by atoms with E-state index in [9.17, 15) is 8.42 Å². The molecule has 0 amide bonds. The third-order valence-electron chi connectivity index (χ3n) is 4.26. The summed E-state index contributed by atoms with van der Waals surface area (Å²) in [6.45, 7) is 1.93. The van der Waals surface area contributed by atoms with Gasteiger partial charge >= 0.3 is 0 Å². The fourth-order valence-electron chi connectivity index (χ4n) is 2.71. The SMILES string of the molecule is CN(N1CC2(C=N1)CCOCC2)S(=O)(=O)c1ccc(N)cc1. The zero-order valence-electron chi connectivity index (χ0n) is 12.5. The standard InChI is InChI=1S/C14H20N4O3S/c1-17(22(19,20)13-4-2-12(15)3-5-13)18-11-14(10-16-18)6-8-21-9-7-14/h2-5,10H,6-9,11,15H2,1H3. The second-order valence-electron chi connectivity index (χ2n) is 5.76. The average Bonchev–Trinajstić information content (AvgIpc) is 2.91. The summed E-state index contributed by atoms with van der Waals surface area (Å²) in [5.41, 5.74) is 6.06. The first-order chi connectivity index (χ1) is 10.4. The van der Waals surface area contributed by atoms with E-state index in [1.54, 1.807) is 12.1 Å². The van der Waals surface area contributed by atoms with E-state index in [0.717, 1.165) is 12.8 Å². The fraction of sp³-hybridized carbons (Fsp3) is 0.500. The van der Waals surface area contributed by atoms with Gasteiger partial charge in [0.05, 0.1) is 11.4 Å². The van der Waals surface area contributed by atoms with Crippen molar-refractivity contribution in [2.75, 3.05) is 32.5 Å². The third-order valence-corrected chi connectivity index (χ3v) is 6.01. The number of rotatable bonds is 3. The molecular formula is C14H20N4O3S. The van der Waals surface area contributed by atoms with Crippen LogP contribution in [-0.4, -0.2) is 51.0 Å². The van der Waals surface area contributed by atoms with Crippen LogP contribution in [0.3, 0.4) is 0 Å². The van der Waals surface area contributed by atoms with E-state index in [-0.39, 0.29) is 10.3 Å². The Balaban J connectivity index is 1.78.